The number of amides is 2. The van der Waals surface area contributed by atoms with Crippen molar-refractivity contribution < 1.29 is 28.6 Å². The summed E-state index contributed by atoms with van der Waals surface area (Å²) in [7, 11) is 1.48. The van der Waals surface area contributed by atoms with Gasteiger partial charge in [0.05, 0.1) is 19.3 Å². The highest BCUT2D eigenvalue weighted by Crippen LogP contribution is 2.28. The van der Waals surface area contributed by atoms with E-state index in [2.05, 4.69) is 5.32 Å². The van der Waals surface area contributed by atoms with Crippen LogP contribution in [0.2, 0.25) is 0 Å². The molecule has 0 radical (unpaired) electrons. The summed E-state index contributed by atoms with van der Waals surface area (Å²) in [4.78, 5) is 35.7. The standard InChI is InChI=1S/C21H24N2O6/c1-4-11-28-17-10-7-15(12-18(17)27-3)21(26)29-13(2)20(25)23-16-8-5-14(6-9-16)19(22)24/h5-10,12-13H,4,11H2,1-3H3,(H2,22,24)(H,23,25)/t13-/m1/s1. The molecular formula is C21H24N2O6. The van der Waals surface area contributed by atoms with Crippen LogP contribution in [0, 0.1) is 0 Å². The van der Waals surface area contributed by atoms with Gasteiger partial charge in [0.1, 0.15) is 0 Å². The molecule has 0 spiro atoms. The lowest BCUT2D eigenvalue weighted by molar-refractivity contribution is -0.123. The zero-order valence-corrected chi connectivity index (χ0v) is 16.6. The van der Waals surface area contributed by atoms with Gasteiger partial charge in [0, 0.05) is 11.3 Å². The maximum atomic E-state index is 12.4. The molecule has 8 heteroatoms. The molecular weight excluding hydrogens is 376 g/mol. The van der Waals surface area contributed by atoms with Crippen LogP contribution in [0.15, 0.2) is 42.5 Å². The first kappa shape index (κ1) is 21.7. The van der Waals surface area contributed by atoms with Gasteiger partial charge < -0.3 is 25.3 Å². The molecule has 154 valence electrons. The number of carbonyl (C=O) groups is 3. The lowest BCUT2D eigenvalue weighted by atomic mass is 10.2. The molecule has 0 fully saturated rings. The molecule has 0 saturated heterocycles. The Morgan fingerprint density at radius 1 is 1.03 bits per heavy atom. The molecule has 2 aromatic carbocycles. The van der Waals surface area contributed by atoms with Crippen LogP contribution in [0.25, 0.3) is 0 Å². The number of hydrogen-bond donors (Lipinski definition) is 2. The van der Waals surface area contributed by atoms with E-state index in [1.54, 1.807) is 12.1 Å². The van der Waals surface area contributed by atoms with Gasteiger partial charge in [0.2, 0.25) is 5.91 Å². The molecule has 0 heterocycles. The van der Waals surface area contributed by atoms with Crippen LogP contribution in [0.5, 0.6) is 11.5 Å². The molecule has 8 nitrogen and oxygen atoms in total. The smallest absolute Gasteiger partial charge is 0.339 e. The number of rotatable bonds is 9. The lowest BCUT2D eigenvalue weighted by Crippen LogP contribution is -2.30. The first-order valence-corrected chi connectivity index (χ1v) is 9.08. The molecule has 1 atom stereocenters. The topological polar surface area (TPSA) is 117 Å². The SMILES string of the molecule is CCCOc1ccc(C(=O)O[C@H](C)C(=O)Nc2ccc(C(N)=O)cc2)cc1OC. The van der Waals surface area contributed by atoms with Gasteiger partial charge in [0.25, 0.3) is 5.91 Å². The lowest BCUT2D eigenvalue weighted by Gasteiger charge is -2.15. The van der Waals surface area contributed by atoms with Gasteiger partial charge in [-0.15, -0.1) is 0 Å². The van der Waals surface area contributed by atoms with Crippen molar-refractivity contribution in [3.05, 3.63) is 53.6 Å². The third-order valence-corrected chi connectivity index (χ3v) is 3.95. The zero-order valence-electron chi connectivity index (χ0n) is 16.6. The molecule has 0 aliphatic rings. The number of hydrogen-bond acceptors (Lipinski definition) is 6. The molecule has 2 aromatic rings. The minimum Gasteiger partial charge on any atom is -0.493 e. The average Bonchev–Trinajstić information content (AvgIpc) is 2.72. The summed E-state index contributed by atoms with van der Waals surface area (Å²) in [6.45, 7) is 3.97. The van der Waals surface area contributed by atoms with Gasteiger partial charge >= 0.3 is 5.97 Å². The number of ether oxygens (including phenoxy) is 3. The first-order chi connectivity index (χ1) is 13.8. The Morgan fingerprint density at radius 3 is 2.28 bits per heavy atom. The van der Waals surface area contributed by atoms with Gasteiger partial charge in [-0.25, -0.2) is 4.79 Å². The summed E-state index contributed by atoms with van der Waals surface area (Å²) >= 11 is 0. The van der Waals surface area contributed by atoms with Crippen molar-refractivity contribution in [2.75, 3.05) is 19.0 Å². The maximum absolute atomic E-state index is 12.4. The van der Waals surface area contributed by atoms with Gasteiger partial charge in [-0.2, -0.15) is 0 Å². The number of anilines is 1. The van der Waals surface area contributed by atoms with Gasteiger partial charge in [-0.1, -0.05) is 6.92 Å². The van der Waals surface area contributed by atoms with Crippen molar-refractivity contribution in [3.63, 3.8) is 0 Å². The largest absolute Gasteiger partial charge is 0.493 e. The van der Waals surface area contributed by atoms with E-state index in [9.17, 15) is 14.4 Å². The van der Waals surface area contributed by atoms with Crippen molar-refractivity contribution in [3.8, 4) is 11.5 Å². The molecule has 2 rings (SSSR count). The Balaban J connectivity index is 2.00. The van der Waals surface area contributed by atoms with E-state index >= 15 is 0 Å². The van der Waals surface area contributed by atoms with E-state index in [1.165, 1.54) is 44.4 Å². The molecule has 2 amide bonds. The number of primary amides is 1. The molecule has 0 aliphatic heterocycles. The molecule has 29 heavy (non-hydrogen) atoms. The Morgan fingerprint density at radius 2 is 1.69 bits per heavy atom. The predicted molar refractivity (Wildman–Crippen MR) is 107 cm³/mol. The number of methoxy groups -OCH3 is 1. The van der Waals surface area contributed by atoms with Crippen LogP contribution in [0.4, 0.5) is 5.69 Å². The van der Waals surface area contributed by atoms with Gasteiger partial charge in [-0.05, 0) is 55.8 Å². The van der Waals surface area contributed by atoms with E-state index in [0.717, 1.165) is 6.42 Å². The van der Waals surface area contributed by atoms with E-state index in [0.29, 0.717) is 29.4 Å². The summed E-state index contributed by atoms with van der Waals surface area (Å²) in [6, 6.07) is 10.7. The molecule has 3 N–H and O–H groups in total. The molecule has 0 saturated carbocycles. The van der Waals surface area contributed by atoms with Crippen LogP contribution in [-0.2, 0) is 9.53 Å². The second-order valence-corrected chi connectivity index (χ2v) is 6.19. The summed E-state index contributed by atoms with van der Waals surface area (Å²) in [6.07, 6.45) is -0.203. The van der Waals surface area contributed by atoms with Crippen molar-refractivity contribution in [2.24, 2.45) is 5.73 Å². The summed E-state index contributed by atoms with van der Waals surface area (Å²) < 4.78 is 16.0. The fourth-order valence-corrected chi connectivity index (χ4v) is 2.37. The zero-order chi connectivity index (χ0) is 21.4. The minimum absolute atomic E-state index is 0.233. The number of nitrogens with one attached hydrogen (secondary N) is 1. The quantitative estimate of drug-likeness (QED) is 0.625. The second kappa shape index (κ2) is 10.1. The summed E-state index contributed by atoms with van der Waals surface area (Å²) in [5.74, 6) is -0.820. The first-order valence-electron chi connectivity index (χ1n) is 9.08. The Bertz CT molecular complexity index is 879. The van der Waals surface area contributed by atoms with Crippen molar-refractivity contribution in [1.82, 2.24) is 0 Å². The minimum atomic E-state index is -1.04. The molecule has 0 aromatic heterocycles. The predicted octanol–water partition coefficient (Wildman–Crippen LogP) is 2.77. The third kappa shape index (κ3) is 5.97. The van der Waals surface area contributed by atoms with E-state index in [4.69, 9.17) is 19.9 Å². The Hall–Kier alpha value is -3.55. The number of carbonyl (C=O) groups excluding carboxylic acids is 3. The fourth-order valence-electron chi connectivity index (χ4n) is 2.37. The number of esters is 1. The van der Waals surface area contributed by atoms with Gasteiger partial charge in [0.15, 0.2) is 17.6 Å². The van der Waals surface area contributed by atoms with Crippen molar-refractivity contribution in [1.29, 1.82) is 0 Å². The normalized spacial score (nSPS) is 11.3. The Kier molecular flexibility index (Phi) is 7.59. The van der Waals surface area contributed by atoms with E-state index < -0.39 is 23.9 Å². The van der Waals surface area contributed by atoms with Crippen LogP contribution >= 0.6 is 0 Å². The summed E-state index contributed by atoms with van der Waals surface area (Å²) in [5.41, 5.74) is 6.18. The van der Waals surface area contributed by atoms with Crippen molar-refractivity contribution >= 4 is 23.5 Å². The maximum Gasteiger partial charge on any atom is 0.339 e. The number of nitrogens with two attached hydrogens (primary N) is 1. The van der Waals surface area contributed by atoms with Crippen LogP contribution in [0.3, 0.4) is 0 Å². The highest BCUT2D eigenvalue weighted by Gasteiger charge is 2.20. The third-order valence-electron chi connectivity index (χ3n) is 3.95. The van der Waals surface area contributed by atoms with Crippen LogP contribution in [-0.4, -0.2) is 37.6 Å². The monoisotopic (exact) mass is 400 g/mol. The van der Waals surface area contributed by atoms with E-state index in [-0.39, 0.29) is 5.56 Å². The van der Waals surface area contributed by atoms with Crippen LogP contribution < -0.4 is 20.5 Å². The van der Waals surface area contributed by atoms with Gasteiger partial charge in [-0.3, -0.25) is 9.59 Å². The molecule has 0 bridgehead atoms. The highest BCUT2D eigenvalue weighted by molar-refractivity contribution is 5.98. The highest BCUT2D eigenvalue weighted by atomic mass is 16.5. The van der Waals surface area contributed by atoms with E-state index in [1.807, 2.05) is 6.92 Å². The molecule has 0 aliphatic carbocycles. The summed E-state index contributed by atoms with van der Waals surface area (Å²) in [5, 5.41) is 2.61. The average molecular weight is 400 g/mol. The Labute approximate surface area is 168 Å². The number of benzene rings is 2. The van der Waals surface area contributed by atoms with Crippen LogP contribution in [0.1, 0.15) is 41.0 Å². The fraction of sp³-hybridized carbons (Fsp3) is 0.286. The molecule has 0 unspecified atom stereocenters. The van der Waals surface area contributed by atoms with Crippen molar-refractivity contribution in [2.45, 2.75) is 26.4 Å². The second-order valence-electron chi connectivity index (χ2n) is 6.19.